The molecule has 0 fully saturated rings. The minimum absolute atomic E-state index is 0.207. The first-order valence-electron chi connectivity index (χ1n) is 7.63. The van der Waals surface area contributed by atoms with Crippen molar-refractivity contribution in [3.05, 3.63) is 65.7 Å². The molecule has 0 amide bonds. The van der Waals surface area contributed by atoms with E-state index < -0.39 is 5.72 Å². The van der Waals surface area contributed by atoms with Gasteiger partial charge in [0.25, 0.3) is 0 Å². The number of benzene rings is 2. The molecule has 22 heavy (non-hydrogen) atoms. The summed E-state index contributed by atoms with van der Waals surface area (Å²) in [6, 6.07) is 17.1. The van der Waals surface area contributed by atoms with Crippen LogP contribution in [-0.4, -0.2) is 10.9 Å². The van der Waals surface area contributed by atoms with E-state index in [1.54, 1.807) is 12.1 Å². The summed E-state index contributed by atoms with van der Waals surface area (Å²) >= 11 is 0. The minimum Gasteiger partial charge on any atom is -0.507 e. The summed E-state index contributed by atoms with van der Waals surface area (Å²) in [7, 11) is 0. The Balaban J connectivity index is 2.02. The molecule has 0 saturated carbocycles. The van der Waals surface area contributed by atoms with Crippen molar-refractivity contribution in [3.63, 3.8) is 0 Å². The third-order valence-corrected chi connectivity index (χ3v) is 3.85. The number of nitrogens with one attached hydrogen (secondary N) is 1. The van der Waals surface area contributed by atoms with Gasteiger partial charge in [-0.3, -0.25) is 0 Å². The van der Waals surface area contributed by atoms with Crippen molar-refractivity contribution in [1.82, 2.24) is 5.48 Å². The molecular weight excluding hydrogens is 276 g/mol. The molecule has 2 N–H and O–H groups in total. The van der Waals surface area contributed by atoms with Crippen LogP contribution in [0, 0.1) is 0 Å². The zero-order valence-corrected chi connectivity index (χ0v) is 12.6. The molecule has 1 unspecified atom stereocenters. The van der Waals surface area contributed by atoms with Gasteiger partial charge in [-0.05, 0) is 12.5 Å². The zero-order valence-electron chi connectivity index (χ0n) is 12.6. The lowest BCUT2D eigenvalue weighted by Crippen LogP contribution is -2.28. The van der Waals surface area contributed by atoms with E-state index in [0.29, 0.717) is 17.8 Å². The highest BCUT2D eigenvalue weighted by molar-refractivity contribution is 5.99. The molecule has 1 aliphatic rings. The van der Waals surface area contributed by atoms with E-state index in [0.717, 1.165) is 18.4 Å². The number of hydrogen-bond acceptors (Lipinski definition) is 4. The molecule has 1 atom stereocenters. The highest BCUT2D eigenvalue weighted by Gasteiger charge is 2.40. The summed E-state index contributed by atoms with van der Waals surface area (Å²) in [5.41, 5.74) is 3.73. The quantitative estimate of drug-likeness (QED) is 0.884. The summed E-state index contributed by atoms with van der Waals surface area (Å²) in [5.74, 6) is 0.901. The average Bonchev–Trinajstić information content (AvgIpc) is 3.00. The fourth-order valence-corrected chi connectivity index (χ4v) is 2.66. The average molecular weight is 296 g/mol. The lowest BCUT2D eigenvalue weighted by molar-refractivity contribution is -0.0673. The largest absolute Gasteiger partial charge is 0.507 e. The van der Waals surface area contributed by atoms with Gasteiger partial charge in [0.15, 0.2) is 5.84 Å². The lowest BCUT2D eigenvalue weighted by Gasteiger charge is -2.25. The van der Waals surface area contributed by atoms with E-state index >= 15 is 0 Å². The van der Waals surface area contributed by atoms with E-state index in [4.69, 9.17) is 9.83 Å². The summed E-state index contributed by atoms with van der Waals surface area (Å²) in [6.45, 7) is 2.13. The number of amidine groups is 1. The predicted molar refractivity (Wildman–Crippen MR) is 86.5 cm³/mol. The number of unbranched alkanes of at least 4 members (excludes halogenated alkanes) is 1. The highest BCUT2D eigenvalue weighted by Crippen LogP contribution is 2.40. The summed E-state index contributed by atoms with van der Waals surface area (Å²) in [4.78, 5) is 10.6. The Labute approximate surface area is 130 Å². The number of aromatic hydroxyl groups is 1. The molecule has 2 aromatic rings. The normalized spacial score (nSPS) is 20.5. The number of hydroxylamine groups is 1. The third-order valence-electron chi connectivity index (χ3n) is 3.85. The molecule has 0 radical (unpaired) electrons. The third kappa shape index (κ3) is 2.70. The number of phenolic OH excluding ortho intramolecular Hbond substituents is 1. The van der Waals surface area contributed by atoms with Gasteiger partial charge in [-0.2, -0.15) is 0 Å². The molecular formula is C18H20N2O2. The molecule has 4 heteroatoms. The molecule has 0 spiro atoms. The standard InChI is InChI=1S/C18H20N2O2/c1-2-3-13-18(15-11-7-8-12-16(15)21)19-17(20-22-18)14-9-5-4-6-10-14/h4-12,21H,2-3,13H2,1H3,(H,19,20). The maximum atomic E-state index is 10.2. The summed E-state index contributed by atoms with van der Waals surface area (Å²) in [6.07, 6.45) is 2.71. The number of hydrogen-bond donors (Lipinski definition) is 2. The molecule has 2 aromatic carbocycles. The fraction of sp³-hybridized carbons (Fsp3) is 0.278. The Morgan fingerprint density at radius 3 is 2.55 bits per heavy atom. The van der Waals surface area contributed by atoms with Gasteiger partial charge in [0.1, 0.15) is 5.75 Å². The van der Waals surface area contributed by atoms with E-state index in [1.807, 2.05) is 42.5 Å². The topological polar surface area (TPSA) is 53.9 Å². The van der Waals surface area contributed by atoms with Crippen molar-refractivity contribution in [2.75, 3.05) is 0 Å². The van der Waals surface area contributed by atoms with Crippen LogP contribution in [-0.2, 0) is 10.6 Å². The van der Waals surface area contributed by atoms with Gasteiger partial charge in [0.2, 0.25) is 5.72 Å². The van der Waals surface area contributed by atoms with Gasteiger partial charge in [-0.15, -0.1) is 0 Å². The van der Waals surface area contributed by atoms with Gasteiger partial charge in [-0.1, -0.05) is 61.9 Å². The Kier molecular flexibility index (Phi) is 4.11. The van der Waals surface area contributed by atoms with Crippen LogP contribution in [0.2, 0.25) is 0 Å². The summed E-state index contributed by atoms with van der Waals surface area (Å²) in [5, 5.41) is 10.2. The van der Waals surface area contributed by atoms with E-state index in [1.165, 1.54) is 0 Å². The molecule has 3 rings (SSSR count). The van der Waals surface area contributed by atoms with Crippen molar-refractivity contribution >= 4 is 5.84 Å². The Morgan fingerprint density at radius 1 is 1.09 bits per heavy atom. The van der Waals surface area contributed by atoms with Crippen LogP contribution in [0.15, 0.2) is 59.6 Å². The second-order valence-electron chi connectivity index (χ2n) is 5.44. The second-order valence-corrected chi connectivity index (χ2v) is 5.44. The van der Waals surface area contributed by atoms with Crippen molar-refractivity contribution in [1.29, 1.82) is 0 Å². The van der Waals surface area contributed by atoms with Gasteiger partial charge in [0.05, 0.1) is 5.56 Å². The minimum atomic E-state index is -0.869. The second kappa shape index (κ2) is 6.20. The van der Waals surface area contributed by atoms with Crippen LogP contribution in [0.25, 0.3) is 0 Å². The lowest BCUT2D eigenvalue weighted by atomic mass is 9.96. The number of phenols is 1. The Bertz CT molecular complexity index is 670. The van der Waals surface area contributed by atoms with Crippen LogP contribution < -0.4 is 5.48 Å². The SMILES string of the molecule is CCCCC1(c2ccccc2O)N=C(c2ccccc2)NO1. The van der Waals surface area contributed by atoms with Crippen molar-refractivity contribution in [3.8, 4) is 5.75 Å². The van der Waals surface area contributed by atoms with Crippen LogP contribution in [0.3, 0.4) is 0 Å². The van der Waals surface area contributed by atoms with Crippen LogP contribution in [0.5, 0.6) is 5.75 Å². The van der Waals surface area contributed by atoms with Gasteiger partial charge in [-0.25, -0.2) is 15.3 Å². The van der Waals surface area contributed by atoms with E-state index in [-0.39, 0.29) is 5.75 Å². The molecule has 0 aliphatic carbocycles. The molecule has 1 aliphatic heterocycles. The Hall–Kier alpha value is -2.33. The van der Waals surface area contributed by atoms with Crippen molar-refractivity contribution < 1.29 is 9.94 Å². The first-order valence-corrected chi connectivity index (χ1v) is 7.63. The predicted octanol–water partition coefficient (Wildman–Crippen LogP) is 3.72. The van der Waals surface area contributed by atoms with Crippen molar-refractivity contribution in [2.24, 2.45) is 4.99 Å². The first-order chi connectivity index (χ1) is 10.7. The van der Waals surface area contributed by atoms with E-state index in [9.17, 15) is 5.11 Å². The molecule has 0 aromatic heterocycles. The molecule has 114 valence electrons. The van der Waals surface area contributed by atoms with Gasteiger partial charge in [0, 0.05) is 12.0 Å². The molecule has 1 heterocycles. The Morgan fingerprint density at radius 2 is 1.82 bits per heavy atom. The maximum Gasteiger partial charge on any atom is 0.216 e. The smallest absolute Gasteiger partial charge is 0.216 e. The van der Waals surface area contributed by atoms with Crippen LogP contribution in [0.1, 0.15) is 37.3 Å². The van der Waals surface area contributed by atoms with Gasteiger partial charge < -0.3 is 5.11 Å². The number of rotatable bonds is 5. The van der Waals surface area contributed by atoms with Crippen LogP contribution >= 0.6 is 0 Å². The number of aliphatic imine (C=N–C) groups is 1. The molecule has 0 saturated heterocycles. The molecule has 0 bridgehead atoms. The first kappa shape index (κ1) is 14.6. The number of nitrogens with zero attached hydrogens (tertiary/aromatic N) is 1. The van der Waals surface area contributed by atoms with Crippen molar-refractivity contribution in [2.45, 2.75) is 31.9 Å². The number of para-hydroxylation sites is 1. The van der Waals surface area contributed by atoms with E-state index in [2.05, 4.69) is 12.4 Å². The highest BCUT2D eigenvalue weighted by atomic mass is 16.7. The zero-order chi connectivity index (χ0) is 15.4. The van der Waals surface area contributed by atoms with Crippen LogP contribution in [0.4, 0.5) is 0 Å². The monoisotopic (exact) mass is 296 g/mol. The fourth-order valence-electron chi connectivity index (χ4n) is 2.66. The van der Waals surface area contributed by atoms with Gasteiger partial charge >= 0.3 is 0 Å². The summed E-state index contributed by atoms with van der Waals surface area (Å²) < 4.78 is 0. The molecule has 4 nitrogen and oxygen atoms in total. The maximum absolute atomic E-state index is 10.2.